The maximum atomic E-state index is 12.9. The molecule has 0 amide bonds. The minimum absolute atomic E-state index is 0.0342. The molecule has 0 aromatic rings. The van der Waals surface area contributed by atoms with Gasteiger partial charge in [0.2, 0.25) is 5.76 Å². The molecule has 6 unspecified atom stereocenters. The van der Waals surface area contributed by atoms with E-state index in [1.165, 1.54) is 19.3 Å². The first-order chi connectivity index (χ1) is 22.0. The van der Waals surface area contributed by atoms with Gasteiger partial charge in [-0.2, -0.15) is 8.42 Å². The van der Waals surface area contributed by atoms with Crippen molar-refractivity contribution in [3.8, 4) is 0 Å². The van der Waals surface area contributed by atoms with E-state index in [0.29, 0.717) is 19.3 Å². The van der Waals surface area contributed by atoms with Crippen LogP contribution in [0.3, 0.4) is 0 Å². The summed E-state index contributed by atoms with van der Waals surface area (Å²) in [6.45, 7) is 9.55. The molecule has 0 aromatic carbocycles. The number of hydrogen-bond acceptors (Lipinski definition) is 10. The summed E-state index contributed by atoms with van der Waals surface area (Å²) in [6, 6.07) is 0. The molecule has 0 aliphatic carbocycles. The topological polar surface area (TPSA) is 174 Å². The quantitative estimate of drug-likeness (QED) is 0.253. The maximum Gasteiger partial charge on any atom is 0.397 e. The fraction of sp³-hybridized carbons (Fsp3) is 0.571. The Morgan fingerprint density at radius 3 is 2.28 bits per heavy atom. The SMILES string of the molecule is CO\C1=C/C=C/C=C/C=C/CCCC(OS(=O)(=O)O)C(O)C(=O)CC(O)CCC(C)C(=O)/C=C/C(C)=C/C(C)C(CC(C)C)OC1=O. The summed E-state index contributed by atoms with van der Waals surface area (Å²) in [7, 11) is -3.57. The standard InChI is InChI=1S/C35H52O11S/c1-24(2)21-33-27(5)22-25(3)17-20-29(37)26(4)18-19-28(36)23-30(38)34(39)31(46-47(41,42)43)15-13-11-9-7-8-10-12-14-16-32(44-6)35(40)45-33/h7-10,12,14,16-17,20,22,24,26-28,31,33-34,36,39H,11,13,15,18-19,21,23H2,1-6H3,(H,41,42,43)/b9-7+,10-8+,14-12+,20-17+,25-22+,32-16-. The van der Waals surface area contributed by atoms with E-state index in [-0.39, 0.29) is 42.6 Å². The van der Waals surface area contributed by atoms with Gasteiger partial charge in [-0.15, -0.1) is 0 Å². The van der Waals surface area contributed by atoms with E-state index in [0.717, 1.165) is 5.57 Å². The first-order valence-corrected chi connectivity index (χ1v) is 17.3. The van der Waals surface area contributed by atoms with Crippen molar-refractivity contribution in [2.24, 2.45) is 17.8 Å². The van der Waals surface area contributed by atoms with Crippen molar-refractivity contribution >= 4 is 27.9 Å². The van der Waals surface area contributed by atoms with E-state index in [1.807, 2.05) is 33.8 Å². The van der Waals surface area contributed by atoms with Crippen molar-refractivity contribution < 1.29 is 51.2 Å². The number of methoxy groups -OCH3 is 1. The molecule has 0 fully saturated rings. The molecule has 11 nitrogen and oxygen atoms in total. The van der Waals surface area contributed by atoms with Crippen molar-refractivity contribution in [3.63, 3.8) is 0 Å². The van der Waals surface area contributed by atoms with Gasteiger partial charge in [-0.05, 0) is 63.5 Å². The van der Waals surface area contributed by atoms with Crippen LogP contribution in [0, 0.1) is 17.8 Å². The van der Waals surface area contributed by atoms with Crippen LogP contribution in [-0.2, 0) is 38.4 Å². The second kappa shape index (κ2) is 21.7. The van der Waals surface area contributed by atoms with Gasteiger partial charge in [0.1, 0.15) is 18.3 Å². The largest absolute Gasteiger partial charge is 0.490 e. The Labute approximate surface area is 279 Å². The third-order valence-electron chi connectivity index (χ3n) is 7.48. The first kappa shape index (κ1) is 41.9. The predicted molar refractivity (Wildman–Crippen MR) is 179 cm³/mol. The Balaban J connectivity index is 3.27. The molecule has 1 aliphatic heterocycles. The smallest absolute Gasteiger partial charge is 0.397 e. The van der Waals surface area contributed by atoms with Gasteiger partial charge in [-0.1, -0.05) is 81.9 Å². The van der Waals surface area contributed by atoms with Crippen LogP contribution < -0.4 is 0 Å². The minimum Gasteiger partial charge on any atom is -0.490 e. The van der Waals surface area contributed by atoms with E-state index >= 15 is 0 Å². The number of carbonyl (C=O) groups excluding carboxylic acids is 3. The van der Waals surface area contributed by atoms with Gasteiger partial charge in [0.05, 0.1) is 13.2 Å². The van der Waals surface area contributed by atoms with Crippen LogP contribution in [0.25, 0.3) is 0 Å². The highest BCUT2D eigenvalue weighted by Gasteiger charge is 2.31. The molecule has 47 heavy (non-hydrogen) atoms. The summed E-state index contributed by atoms with van der Waals surface area (Å²) in [5, 5.41) is 20.9. The third kappa shape index (κ3) is 18.1. The van der Waals surface area contributed by atoms with Crippen molar-refractivity contribution in [1.82, 2.24) is 0 Å². The number of esters is 1. The molecule has 3 N–H and O–H groups in total. The lowest BCUT2D eigenvalue weighted by molar-refractivity contribution is -0.150. The molecule has 1 aliphatic rings. The molecule has 6 atom stereocenters. The average Bonchev–Trinajstić information content (AvgIpc) is 2.98. The minimum atomic E-state index is -4.96. The van der Waals surface area contributed by atoms with Crippen LogP contribution in [0.4, 0.5) is 0 Å². The van der Waals surface area contributed by atoms with Gasteiger partial charge >= 0.3 is 16.4 Å². The highest BCUT2D eigenvalue weighted by atomic mass is 32.3. The molecule has 264 valence electrons. The van der Waals surface area contributed by atoms with Gasteiger partial charge in [-0.25, -0.2) is 8.98 Å². The summed E-state index contributed by atoms with van der Waals surface area (Å²) >= 11 is 0. The van der Waals surface area contributed by atoms with Crippen molar-refractivity contribution in [2.75, 3.05) is 7.11 Å². The number of Topliss-reactive ketones (excluding diaryl/α,β-unsaturated/α-hetero) is 1. The fourth-order valence-corrected chi connectivity index (χ4v) is 5.33. The number of cyclic esters (lactones) is 1. The van der Waals surface area contributed by atoms with Gasteiger partial charge in [0.25, 0.3) is 0 Å². The maximum absolute atomic E-state index is 12.9. The molecular formula is C35H52O11S. The summed E-state index contributed by atoms with van der Waals surface area (Å²) in [5.41, 5.74) is 0.795. The molecular weight excluding hydrogens is 628 g/mol. The number of hydrogen-bond donors (Lipinski definition) is 3. The van der Waals surface area contributed by atoms with E-state index in [9.17, 15) is 33.0 Å². The second-order valence-electron chi connectivity index (χ2n) is 12.3. The normalized spacial score (nSPS) is 32.4. The first-order valence-electron chi connectivity index (χ1n) is 15.9. The molecule has 0 spiro atoms. The van der Waals surface area contributed by atoms with Crippen LogP contribution >= 0.6 is 0 Å². The summed E-state index contributed by atoms with van der Waals surface area (Å²) in [4.78, 5) is 38.4. The summed E-state index contributed by atoms with van der Waals surface area (Å²) in [6.07, 6.45) is 12.9. The lowest BCUT2D eigenvalue weighted by Crippen LogP contribution is -2.39. The van der Waals surface area contributed by atoms with Crippen LogP contribution in [-0.4, -0.2) is 72.2 Å². The fourth-order valence-electron chi connectivity index (χ4n) is 4.81. The molecule has 12 heteroatoms. The van der Waals surface area contributed by atoms with Crippen LogP contribution in [0.1, 0.15) is 79.6 Å². The number of carbonyl (C=O) groups is 3. The monoisotopic (exact) mass is 680 g/mol. The molecule has 0 radical (unpaired) electrons. The average molecular weight is 681 g/mol. The molecule has 0 bridgehead atoms. The Morgan fingerprint density at radius 2 is 1.64 bits per heavy atom. The Hall–Kier alpha value is -3.16. The Bertz CT molecular complexity index is 1300. The van der Waals surface area contributed by atoms with Crippen molar-refractivity contribution in [3.05, 3.63) is 72.1 Å². The van der Waals surface area contributed by atoms with E-state index in [1.54, 1.807) is 49.5 Å². The number of allylic oxidation sites excluding steroid dienone is 10. The summed E-state index contributed by atoms with van der Waals surface area (Å²) < 4.78 is 47.5. The molecule has 0 saturated carbocycles. The Kier molecular flexibility index (Phi) is 19.3. The van der Waals surface area contributed by atoms with Gasteiger partial charge in [-0.3, -0.25) is 14.1 Å². The predicted octanol–water partition coefficient (Wildman–Crippen LogP) is 5.32. The lowest BCUT2D eigenvalue weighted by Gasteiger charge is -2.24. The molecule has 1 heterocycles. The zero-order chi connectivity index (χ0) is 35.6. The van der Waals surface area contributed by atoms with Crippen molar-refractivity contribution in [1.29, 1.82) is 0 Å². The number of rotatable bonds is 5. The number of ether oxygens (including phenoxy) is 2. The van der Waals surface area contributed by atoms with Gasteiger partial charge in [0, 0.05) is 18.3 Å². The van der Waals surface area contributed by atoms with Crippen LogP contribution in [0.2, 0.25) is 0 Å². The van der Waals surface area contributed by atoms with Crippen LogP contribution in [0.5, 0.6) is 0 Å². The van der Waals surface area contributed by atoms with E-state index < -0.39 is 58.9 Å². The second-order valence-corrected chi connectivity index (χ2v) is 13.3. The van der Waals surface area contributed by atoms with E-state index in [4.69, 9.17) is 14.0 Å². The Morgan fingerprint density at radius 1 is 0.979 bits per heavy atom. The molecule has 1 rings (SSSR count). The lowest BCUT2D eigenvalue weighted by atomic mass is 9.93. The van der Waals surface area contributed by atoms with E-state index in [2.05, 4.69) is 4.18 Å². The van der Waals surface area contributed by atoms with Crippen molar-refractivity contribution in [2.45, 2.75) is 104 Å². The number of aliphatic hydroxyl groups excluding tert-OH is 2. The summed E-state index contributed by atoms with van der Waals surface area (Å²) in [5.74, 6) is -1.97. The highest BCUT2D eigenvalue weighted by Crippen LogP contribution is 2.22. The van der Waals surface area contributed by atoms with Crippen LogP contribution in [0.15, 0.2) is 72.1 Å². The third-order valence-corrected chi connectivity index (χ3v) is 7.97. The van der Waals surface area contributed by atoms with Gasteiger partial charge in [0.15, 0.2) is 11.6 Å². The number of aliphatic hydroxyl groups is 2. The zero-order valence-electron chi connectivity index (χ0n) is 28.3. The molecule has 0 aromatic heterocycles. The number of ketones is 2. The van der Waals surface area contributed by atoms with Gasteiger partial charge < -0.3 is 19.7 Å². The molecule has 0 saturated heterocycles. The zero-order valence-corrected chi connectivity index (χ0v) is 29.1. The highest BCUT2D eigenvalue weighted by molar-refractivity contribution is 7.80.